The Morgan fingerprint density at radius 3 is 2.17 bits per heavy atom. The van der Waals surface area contributed by atoms with E-state index in [4.69, 9.17) is 11.6 Å². The molecule has 1 nitrogen and oxygen atoms in total. The monoisotopic (exact) mass is 267 g/mol. The van der Waals surface area contributed by atoms with E-state index >= 15 is 0 Å². The molecule has 0 unspecified atom stereocenters. The number of nitrogens with one attached hydrogen (secondary N) is 1. The van der Waals surface area contributed by atoms with Crippen LogP contribution in [0.25, 0.3) is 0 Å². The quantitative estimate of drug-likeness (QED) is 0.872. The molecule has 0 saturated carbocycles. The minimum Gasteiger partial charge on any atom is -0.385 e. The van der Waals surface area contributed by atoms with E-state index in [-0.39, 0.29) is 0 Å². The lowest BCUT2D eigenvalue weighted by molar-refractivity contribution is 0.584. The van der Waals surface area contributed by atoms with E-state index in [9.17, 15) is 8.78 Å². The summed E-state index contributed by atoms with van der Waals surface area (Å²) in [5.74, 6) is -1.16. The van der Waals surface area contributed by atoms with Gasteiger partial charge in [-0.15, -0.1) is 0 Å². The molecule has 0 atom stereocenters. The number of benzene rings is 2. The molecule has 0 bridgehead atoms. The van der Waals surface area contributed by atoms with Crippen molar-refractivity contribution in [1.29, 1.82) is 0 Å². The Morgan fingerprint density at radius 1 is 0.944 bits per heavy atom. The molecule has 0 fully saturated rings. The summed E-state index contributed by atoms with van der Waals surface area (Å²) in [4.78, 5) is 0. The van der Waals surface area contributed by atoms with Crippen LogP contribution in [0.4, 0.5) is 14.5 Å². The standard InChI is InChI=1S/C14H12ClF2N/c15-11-3-1-10(2-4-11)5-6-18-14-8-12(16)7-13(17)9-14/h1-4,7-9,18H,5-6H2. The van der Waals surface area contributed by atoms with Crippen molar-refractivity contribution in [3.63, 3.8) is 0 Å². The van der Waals surface area contributed by atoms with E-state index in [2.05, 4.69) is 5.32 Å². The van der Waals surface area contributed by atoms with Crippen molar-refractivity contribution in [2.24, 2.45) is 0 Å². The second kappa shape index (κ2) is 5.83. The van der Waals surface area contributed by atoms with Crippen LogP contribution in [-0.2, 0) is 6.42 Å². The van der Waals surface area contributed by atoms with E-state index < -0.39 is 11.6 Å². The summed E-state index contributed by atoms with van der Waals surface area (Å²) in [5.41, 5.74) is 1.56. The molecule has 2 aromatic carbocycles. The van der Waals surface area contributed by atoms with Gasteiger partial charge in [0.15, 0.2) is 0 Å². The SMILES string of the molecule is Fc1cc(F)cc(NCCc2ccc(Cl)cc2)c1. The van der Waals surface area contributed by atoms with Crippen LogP contribution in [0.3, 0.4) is 0 Å². The largest absolute Gasteiger partial charge is 0.385 e. The first-order chi connectivity index (χ1) is 8.63. The minimum atomic E-state index is -0.580. The first kappa shape index (κ1) is 12.8. The third kappa shape index (κ3) is 3.70. The summed E-state index contributed by atoms with van der Waals surface area (Å²) in [5, 5.41) is 3.67. The molecule has 94 valence electrons. The van der Waals surface area contributed by atoms with Crippen LogP contribution >= 0.6 is 11.6 Å². The molecule has 0 aromatic heterocycles. The Labute approximate surface area is 109 Å². The highest BCUT2D eigenvalue weighted by molar-refractivity contribution is 6.30. The maximum absolute atomic E-state index is 12.9. The predicted octanol–water partition coefficient (Wildman–Crippen LogP) is 4.27. The highest BCUT2D eigenvalue weighted by atomic mass is 35.5. The van der Waals surface area contributed by atoms with Gasteiger partial charge in [0.2, 0.25) is 0 Å². The molecule has 0 radical (unpaired) electrons. The van der Waals surface area contributed by atoms with E-state index in [0.29, 0.717) is 17.3 Å². The van der Waals surface area contributed by atoms with Crippen LogP contribution in [0.15, 0.2) is 42.5 Å². The molecule has 0 heterocycles. The highest BCUT2D eigenvalue weighted by Crippen LogP contribution is 2.13. The summed E-state index contributed by atoms with van der Waals surface area (Å²) >= 11 is 5.78. The second-order valence-electron chi connectivity index (χ2n) is 3.96. The minimum absolute atomic E-state index is 0.446. The second-order valence-corrected chi connectivity index (χ2v) is 4.40. The number of hydrogen-bond acceptors (Lipinski definition) is 1. The maximum atomic E-state index is 12.9. The van der Waals surface area contributed by atoms with Gasteiger partial charge in [0.05, 0.1) is 0 Å². The van der Waals surface area contributed by atoms with Crippen molar-refractivity contribution >= 4 is 17.3 Å². The Balaban J connectivity index is 1.90. The van der Waals surface area contributed by atoms with Crippen molar-refractivity contribution in [3.8, 4) is 0 Å². The van der Waals surface area contributed by atoms with Gasteiger partial charge in [-0.2, -0.15) is 0 Å². The van der Waals surface area contributed by atoms with Crippen molar-refractivity contribution in [1.82, 2.24) is 0 Å². The van der Waals surface area contributed by atoms with Gasteiger partial charge < -0.3 is 5.32 Å². The Kier molecular flexibility index (Phi) is 4.15. The molecule has 2 aromatic rings. The molecule has 0 aliphatic heterocycles. The number of hydrogen-bond donors (Lipinski definition) is 1. The fourth-order valence-corrected chi connectivity index (χ4v) is 1.78. The van der Waals surface area contributed by atoms with Crippen LogP contribution in [0, 0.1) is 11.6 Å². The first-order valence-corrected chi connectivity index (χ1v) is 5.96. The van der Waals surface area contributed by atoms with Gasteiger partial charge in [0.1, 0.15) is 11.6 Å². The van der Waals surface area contributed by atoms with E-state index in [0.717, 1.165) is 18.1 Å². The predicted molar refractivity (Wildman–Crippen MR) is 70.0 cm³/mol. The van der Waals surface area contributed by atoms with Gasteiger partial charge in [-0.1, -0.05) is 23.7 Å². The molecule has 0 aliphatic carbocycles. The van der Waals surface area contributed by atoms with Crippen LogP contribution in [-0.4, -0.2) is 6.54 Å². The summed E-state index contributed by atoms with van der Waals surface area (Å²) in [7, 11) is 0. The zero-order valence-corrected chi connectivity index (χ0v) is 10.3. The zero-order valence-electron chi connectivity index (χ0n) is 9.59. The van der Waals surface area contributed by atoms with Gasteiger partial charge in [0, 0.05) is 23.3 Å². The summed E-state index contributed by atoms with van der Waals surface area (Å²) in [6.45, 7) is 0.602. The molecular formula is C14H12ClF2N. The van der Waals surface area contributed by atoms with Crippen LogP contribution in [0.2, 0.25) is 5.02 Å². The van der Waals surface area contributed by atoms with Gasteiger partial charge in [0.25, 0.3) is 0 Å². The molecule has 4 heteroatoms. The van der Waals surface area contributed by atoms with Crippen molar-refractivity contribution in [2.45, 2.75) is 6.42 Å². The zero-order chi connectivity index (χ0) is 13.0. The normalized spacial score (nSPS) is 10.4. The Hall–Kier alpha value is -1.61. The van der Waals surface area contributed by atoms with Gasteiger partial charge in [-0.05, 0) is 36.2 Å². The molecule has 0 amide bonds. The van der Waals surface area contributed by atoms with E-state index in [1.807, 2.05) is 24.3 Å². The van der Waals surface area contributed by atoms with E-state index in [1.165, 1.54) is 12.1 Å². The van der Waals surface area contributed by atoms with Crippen molar-refractivity contribution in [3.05, 3.63) is 64.7 Å². The first-order valence-electron chi connectivity index (χ1n) is 5.58. The van der Waals surface area contributed by atoms with Crippen LogP contribution < -0.4 is 5.32 Å². The molecule has 0 spiro atoms. The Morgan fingerprint density at radius 2 is 1.56 bits per heavy atom. The number of halogens is 3. The molecular weight excluding hydrogens is 256 g/mol. The average Bonchev–Trinajstić information content (AvgIpc) is 2.30. The van der Waals surface area contributed by atoms with Crippen LogP contribution in [0.1, 0.15) is 5.56 Å². The molecule has 0 saturated heterocycles. The van der Waals surface area contributed by atoms with Crippen molar-refractivity contribution in [2.75, 3.05) is 11.9 Å². The summed E-state index contributed by atoms with van der Waals surface area (Å²) < 4.78 is 25.9. The third-order valence-corrected chi connectivity index (χ3v) is 2.77. The topological polar surface area (TPSA) is 12.0 Å². The lowest BCUT2D eigenvalue weighted by Gasteiger charge is -2.07. The third-order valence-electron chi connectivity index (χ3n) is 2.52. The summed E-state index contributed by atoms with van der Waals surface area (Å²) in [6, 6.07) is 10.9. The molecule has 1 N–H and O–H groups in total. The highest BCUT2D eigenvalue weighted by Gasteiger charge is 2.00. The molecule has 0 aliphatic rings. The van der Waals surface area contributed by atoms with Crippen molar-refractivity contribution < 1.29 is 8.78 Å². The number of anilines is 1. The average molecular weight is 268 g/mol. The smallest absolute Gasteiger partial charge is 0.128 e. The molecule has 2 rings (SSSR count). The Bertz CT molecular complexity index is 506. The van der Waals surface area contributed by atoms with E-state index in [1.54, 1.807) is 0 Å². The van der Waals surface area contributed by atoms with Gasteiger partial charge in [-0.3, -0.25) is 0 Å². The summed E-state index contributed by atoms with van der Waals surface area (Å²) in [6.07, 6.45) is 0.759. The van der Waals surface area contributed by atoms with Gasteiger partial charge in [-0.25, -0.2) is 8.78 Å². The fourth-order valence-electron chi connectivity index (χ4n) is 1.66. The lowest BCUT2D eigenvalue weighted by atomic mass is 10.1. The number of rotatable bonds is 4. The lowest BCUT2D eigenvalue weighted by Crippen LogP contribution is -2.05. The van der Waals surface area contributed by atoms with Crippen LogP contribution in [0.5, 0.6) is 0 Å². The molecule has 18 heavy (non-hydrogen) atoms. The van der Waals surface area contributed by atoms with Gasteiger partial charge >= 0.3 is 0 Å². The maximum Gasteiger partial charge on any atom is 0.128 e. The fraction of sp³-hybridized carbons (Fsp3) is 0.143.